The van der Waals surface area contributed by atoms with E-state index in [9.17, 15) is 0 Å². The minimum absolute atomic E-state index is 0.0452. The van der Waals surface area contributed by atoms with E-state index in [1.165, 1.54) is 44.5 Å². The van der Waals surface area contributed by atoms with Crippen molar-refractivity contribution in [2.24, 2.45) is 0 Å². The van der Waals surface area contributed by atoms with Gasteiger partial charge in [0.1, 0.15) is 0 Å². The molecule has 4 aromatic rings. The number of benzene rings is 4. The summed E-state index contributed by atoms with van der Waals surface area (Å²) in [5.41, 5.74) is 10.4. The summed E-state index contributed by atoms with van der Waals surface area (Å²) < 4.78 is 0. The molecule has 0 aromatic heterocycles. The van der Waals surface area contributed by atoms with Gasteiger partial charge in [0.05, 0.1) is 0 Å². The molecule has 0 saturated carbocycles. The van der Waals surface area contributed by atoms with E-state index in [1.54, 1.807) is 0 Å². The van der Waals surface area contributed by atoms with Crippen molar-refractivity contribution in [3.8, 4) is 22.3 Å². The van der Waals surface area contributed by atoms with Crippen LogP contribution in [0.4, 0.5) is 0 Å². The van der Waals surface area contributed by atoms with Crippen LogP contribution in [0.3, 0.4) is 0 Å². The Morgan fingerprint density at radius 1 is 0.500 bits per heavy atom. The summed E-state index contributed by atoms with van der Waals surface area (Å²) in [4.78, 5) is 0. The van der Waals surface area contributed by atoms with Crippen LogP contribution in [-0.2, 0) is 11.8 Å². The molecule has 0 aliphatic heterocycles. The zero-order chi connectivity index (χ0) is 21.1. The fraction of sp³-hybridized carbons (Fsp3) is 0.200. The zero-order valence-electron chi connectivity index (χ0n) is 18.4. The Morgan fingerprint density at radius 2 is 0.833 bits per heavy atom. The van der Waals surface area contributed by atoms with Gasteiger partial charge >= 0.3 is 0 Å². The Kier molecular flexibility index (Phi) is 5.59. The molecule has 4 aromatic carbocycles. The molecule has 0 saturated heterocycles. The molecule has 0 spiro atoms. The molecule has 0 radical (unpaired) electrons. The van der Waals surface area contributed by atoms with Gasteiger partial charge in [0.25, 0.3) is 0 Å². The van der Waals surface area contributed by atoms with Crippen molar-refractivity contribution in [1.82, 2.24) is 0 Å². The van der Waals surface area contributed by atoms with Crippen molar-refractivity contribution in [1.29, 1.82) is 0 Å². The van der Waals surface area contributed by atoms with Crippen molar-refractivity contribution in [2.75, 3.05) is 0 Å². The molecule has 0 N–H and O–H groups in total. The van der Waals surface area contributed by atoms with Gasteiger partial charge in [0.15, 0.2) is 0 Å². The molecule has 0 nitrogen and oxygen atoms in total. The van der Waals surface area contributed by atoms with Gasteiger partial charge in [-0.25, -0.2) is 0 Å². The van der Waals surface area contributed by atoms with Gasteiger partial charge in [-0.2, -0.15) is 0 Å². The summed E-state index contributed by atoms with van der Waals surface area (Å²) in [6.45, 7) is 8.93. The van der Waals surface area contributed by atoms with Gasteiger partial charge in [0, 0.05) is 5.41 Å². The summed E-state index contributed by atoms with van der Waals surface area (Å²) >= 11 is 0. The first kappa shape index (κ1) is 20.2. The molecule has 0 unspecified atom stereocenters. The average molecular weight is 391 g/mol. The standard InChI is InChI=1S/C30H30/c1-5-23-8-12-25(13-9-23)27-16-20-29(21-17-27)30(3,4)28-18-14-26(15-19-28)24-10-6-22(2)7-11-24/h6-21H,5H2,1-4H3. The van der Waals surface area contributed by atoms with Crippen molar-refractivity contribution < 1.29 is 0 Å². The second-order valence-electron chi connectivity index (χ2n) is 8.70. The van der Waals surface area contributed by atoms with Gasteiger partial charge in [-0.05, 0) is 52.3 Å². The number of hydrogen-bond acceptors (Lipinski definition) is 0. The molecule has 0 aliphatic carbocycles. The summed E-state index contributed by atoms with van der Waals surface area (Å²) in [6.07, 6.45) is 1.08. The molecular weight excluding hydrogens is 360 g/mol. The summed E-state index contributed by atoms with van der Waals surface area (Å²) in [7, 11) is 0. The van der Waals surface area contributed by atoms with E-state index in [4.69, 9.17) is 0 Å². The summed E-state index contributed by atoms with van der Waals surface area (Å²) in [5.74, 6) is 0. The summed E-state index contributed by atoms with van der Waals surface area (Å²) in [5, 5.41) is 0. The molecule has 0 aliphatic rings. The van der Waals surface area contributed by atoms with Gasteiger partial charge in [-0.15, -0.1) is 0 Å². The van der Waals surface area contributed by atoms with Crippen molar-refractivity contribution in [2.45, 2.75) is 39.5 Å². The van der Waals surface area contributed by atoms with Crippen LogP contribution in [0.15, 0.2) is 97.1 Å². The highest BCUT2D eigenvalue weighted by atomic mass is 14.3. The SMILES string of the molecule is CCc1ccc(-c2ccc(C(C)(C)c3ccc(-c4ccc(C)cc4)cc3)cc2)cc1. The predicted octanol–water partition coefficient (Wildman–Crippen LogP) is 8.22. The second kappa shape index (κ2) is 8.32. The van der Waals surface area contributed by atoms with E-state index >= 15 is 0 Å². The molecule has 4 rings (SSSR count). The van der Waals surface area contributed by atoms with Gasteiger partial charge in [0.2, 0.25) is 0 Å². The third-order valence-corrected chi connectivity index (χ3v) is 6.29. The van der Waals surface area contributed by atoms with Crippen LogP contribution in [0.5, 0.6) is 0 Å². The van der Waals surface area contributed by atoms with Gasteiger partial charge in [-0.1, -0.05) is 123 Å². The molecule has 0 heterocycles. The Balaban J connectivity index is 1.57. The smallest absolute Gasteiger partial charge is 0.0146 e. The van der Waals surface area contributed by atoms with E-state index in [-0.39, 0.29) is 5.41 Å². The third kappa shape index (κ3) is 4.09. The lowest BCUT2D eigenvalue weighted by Gasteiger charge is -2.26. The van der Waals surface area contributed by atoms with Gasteiger partial charge < -0.3 is 0 Å². The van der Waals surface area contributed by atoms with Crippen LogP contribution in [0.2, 0.25) is 0 Å². The minimum Gasteiger partial charge on any atom is -0.0613 e. The van der Waals surface area contributed by atoms with E-state index in [2.05, 4.69) is 125 Å². The zero-order valence-corrected chi connectivity index (χ0v) is 18.4. The number of rotatable bonds is 5. The monoisotopic (exact) mass is 390 g/mol. The van der Waals surface area contributed by atoms with Crippen LogP contribution in [0.1, 0.15) is 43.0 Å². The van der Waals surface area contributed by atoms with Crippen LogP contribution in [0.25, 0.3) is 22.3 Å². The fourth-order valence-corrected chi connectivity index (χ4v) is 4.00. The lowest BCUT2D eigenvalue weighted by atomic mass is 9.77. The predicted molar refractivity (Wildman–Crippen MR) is 130 cm³/mol. The third-order valence-electron chi connectivity index (χ3n) is 6.29. The molecule has 0 amide bonds. The average Bonchev–Trinajstić information content (AvgIpc) is 2.80. The van der Waals surface area contributed by atoms with Gasteiger partial charge in [-0.3, -0.25) is 0 Å². The van der Waals surface area contributed by atoms with E-state index in [0.29, 0.717) is 0 Å². The maximum atomic E-state index is 2.30. The first-order valence-electron chi connectivity index (χ1n) is 10.8. The largest absolute Gasteiger partial charge is 0.0613 e. The Bertz CT molecular complexity index is 1090. The van der Waals surface area contributed by atoms with E-state index in [1.807, 2.05) is 0 Å². The maximum absolute atomic E-state index is 2.30. The van der Waals surface area contributed by atoms with Crippen molar-refractivity contribution >= 4 is 0 Å². The van der Waals surface area contributed by atoms with E-state index < -0.39 is 0 Å². The first-order valence-corrected chi connectivity index (χ1v) is 10.8. The highest BCUT2D eigenvalue weighted by Crippen LogP contribution is 2.34. The molecule has 0 fully saturated rings. The quantitative estimate of drug-likeness (QED) is 0.322. The number of aryl methyl sites for hydroxylation is 2. The topological polar surface area (TPSA) is 0 Å². The van der Waals surface area contributed by atoms with Crippen LogP contribution < -0.4 is 0 Å². The Morgan fingerprint density at radius 3 is 1.20 bits per heavy atom. The molecule has 30 heavy (non-hydrogen) atoms. The van der Waals surface area contributed by atoms with Crippen LogP contribution in [0, 0.1) is 6.92 Å². The lowest BCUT2D eigenvalue weighted by molar-refractivity contribution is 0.641. The molecule has 150 valence electrons. The summed E-state index contributed by atoms with van der Waals surface area (Å²) in [6, 6.07) is 35.7. The second-order valence-corrected chi connectivity index (χ2v) is 8.70. The maximum Gasteiger partial charge on any atom is 0.0146 e. The van der Waals surface area contributed by atoms with E-state index in [0.717, 1.165) is 6.42 Å². The van der Waals surface area contributed by atoms with Crippen LogP contribution in [-0.4, -0.2) is 0 Å². The first-order chi connectivity index (χ1) is 14.5. The molecular formula is C30H30. The highest BCUT2D eigenvalue weighted by Gasteiger charge is 2.23. The van der Waals surface area contributed by atoms with Crippen molar-refractivity contribution in [3.63, 3.8) is 0 Å². The number of hydrogen-bond donors (Lipinski definition) is 0. The minimum atomic E-state index is -0.0452. The Hall–Kier alpha value is -3.12. The Labute approximate surface area is 181 Å². The van der Waals surface area contributed by atoms with Crippen LogP contribution >= 0.6 is 0 Å². The lowest BCUT2D eigenvalue weighted by Crippen LogP contribution is -2.18. The fourth-order valence-electron chi connectivity index (χ4n) is 4.00. The highest BCUT2D eigenvalue weighted by molar-refractivity contribution is 5.66. The van der Waals surface area contributed by atoms with Crippen molar-refractivity contribution in [3.05, 3.63) is 119 Å². The normalized spacial score (nSPS) is 11.5. The molecule has 0 heteroatoms. The molecule has 0 bridgehead atoms. The molecule has 0 atom stereocenters.